The van der Waals surface area contributed by atoms with Crippen LogP contribution in [0, 0.1) is 6.92 Å². The molecule has 2 aromatic rings. The highest BCUT2D eigenvalue weighted by Crippen LogP contribution is 2.25. The SMILES string of the molecule is Cc1ccc(C[C@@H](OC(=O)N2CCC(N3CCCC(=O)Nc4ccccc4CC3)CC2)C(=O)N2CCC(N3CCN(C)CC3)CC2)cc1Cl. The standard InChI is InChI=1S/C38H53ClN6O4/c1-28-9-10-29(26-33(28)39)27-35(37(47)44-18-12-32(13-19-44)43-24-22-41(2)23-25-43)49-38(48)45-20-14-31(15-21-45)42-16-5-8-36(46)40-34-7-4-3-6-30(34)11-17-42/h3-4,6-7,9-10,26,31-32,35H,5,8,11-25,27H2,1-2H3,(H,40,46)/t35-/m1/s1. The zero-order valence-corrected chi connectivity index (χ0v) is 30.0. The summed E-state index contributed by atoms with van der Waals surface area (Å²) in [5.74, 6) is -0.0584. The van der Waals surface area contributed by atoms with Gasteiger partial charge in [0.25, 0.3) is 5.91 Å². The van der Waals surface area contributed by atoms with E-state index in [1.807, 2.05) is 48.2 Å². The number of piperidine rings is 2. The third-order valence-corrected chi connectivity index (χ3v) is 11.5. The molecule has 266 valence electrons. The zero-order valence-electron chi connectivity index (χ0n) is 29.2. The maximum Gasteiger partial charge on any atom is 0.410 e. The summed E-state index contributed by atoms with van der Waals surface area (Å²) < 4.78 is 6.11. The highest BCUT2D eigenvalue weighted by atomic mass is 35.5. The van der Waals surface area contributed by atoms with Gasteiger partial charge in [-0.25, -0.2) is 4.79 Å². The van der Waals surface area contributed by atoms with Gasteiger partial charge in [0, 0.05) is 94.5 Å². The average molecular weight is 693 g/mol. The Morgan fingerprint density at radius 1 is 0.837 bits per heavy atom. The van der Waals surface area contributed by atoms with Gasteiger partial charge in [0.15, 0.2) is 6.10 Å². The van der Waals surface area contributed by atoms with Crippen molar-refractivity contribution in [2.45, 2.75) is 76.5 Å². The van der Waals surface area contributed by atoms with E-state index in [1.54, 1.807) is 4.90 Å². The fourth-order valence-corrected chi connectivity index (χ4v) is 8.07. The Morgan fingerprint density at radius 3 is 2.18 bits per heavy atom. The molecule has 3 amide bonds. The van der Waals surface area contributed by atoms with Crippen LogP contribution in [-0.4, -0.2) is 133 Å². The number of para-hydroxylation sites is 1. The summed E-state index contributed by atoms with van der Waals surface area (Å²) in [6.45, 7) is 10.5. The van der Waals surface area contributed by atoms with E-state index >= 15 is 0 Å². The average Bonchev–Trinajstić information content (AvgIpc) is 3.11. The molecular weight excluding hydrogens is 640 g/mol. The fraction of sp³-hybridized carbons (Fsp3) is 0.605. The number of carbonyl (C=O) groups is 3. The molecule has 4 aliphatic rings. The smallest absolute Gasteiger partial charge is 0.410 e. The summed E-state index contributed by atoms with van der Waals surface area (Å²) in [6.07, 6.45) is 4.65. The van der Waals surface area contributed by atoms with Crippen molar-refractivity contribution in [3.63, 3.8) is 0 Å². The minimum atomic E-state index is -0.905. The number of piperazine rings is 1. The van der Waals surface area contributed by atoms with Crippen LogP contribution in [0.15, 0.2) is 42.5 Å². The number of likely N-dealkylation sites (N-methyl/N-ethyl adjacent to an activating group) is 1. The first kappa shape index (κ1) is 35.6. The molecule has 4 aliphatic heterocycles. The lowest BCUT2D eigenvalue weighted by atomic mass is 10.00. The summed E-state index contributed by atoms with van der Waals surface area (Å²) >= 11 is 6.46. The topological polar surface area (TPSA) is 88.7 Å². The minimum Gasteiger partial charge on any atom is -0.436 e. The molecule has 0 aromatic heterocycles. The minimum absolute atomic E-state index is 0.0586. The first-order valence-electron chi connectivity index (χ1n) is 18.3. The lowest BCUT2D eigenvalue weighted by Gasteiger charge is -2.42. The van der Waals surface area contributed by atoms with E-state index in [4.69, 9.17) is 16.3 Å². The van der Waals surface area contributed by atoms with Gasteiger partial charge >= 0.3 is 6.09 Å². The monoisotopic (exact) mass is 692 g/mol. The van der Waals surface area contributed by atoms with Crippen molar-refractivity contribution < 1.29 is 19.1 Å². The summed E-state index contributed by atoms with van der Waals surface area (Å²) in [6, 6.07) is 14.7. The Bertz CT molecular complexity index is 1450. The van der Waals surface area contributed by atoms with Gasteiger partial charge in [-0.1, -0.05) is 41.9 Å². The third kappa shape index (κ3) is 9.34. The van der Waals surface area contributed by atoms with Gasteiger partial charge in [-0.2, -0.15) is 0 Å². The number of hydrogen-bond donors (Lipinski definition) is 1. The van der Waals surface area contributed by atoms with Gasteiger partial charge in [-0.3, -0.25) is 19.4 Å². The molecule has 0 unspecified atom stereocenters. The van der Waals surface area contributed by atoms with Crippen LogP contribution in [0.1, 0.15) is 55.2 Å². The Morgan fingerprint density at radius 2 is 1.49 bits per heavy atom. The van der Waals surface area contributed by atoms with Crippen molar-refractivity contribution >= 4 is 35.2 Å². The van der Waals surface area contributed by atoms with Gasteiger partial charge in [-0.15, -0.1) is 0 Å². The predicted octanol–water partition coefficient (Wildman–Crippen LogP) is 4.68. The number of benzene rings is 2. The number of amides is 3. The highest BCUT2D eigenvalue weighted by Gasteiger charge is 2.35. The number of rotatable bonds is 6. The number of nitrogens with zero attached hydrogens (tertiary/aromatic N) is 5. The number of carbonyl (C=O) groups excluding carboxylic acids is 3. The third-order valence-electron chi connectivity index (χ3n) is 11.1. The molecule has 3 saturated heterocycles. The van der Waals surface area contributed by atoms with E-state index in [0.717, 1.165) is 100 Å². The van der Waals surface area contributed by atoms with Gasteiger partial charge in [0.05, 0.1) is 0 Å². The molecular formula is C38H53ClN6O4. The van der Waals surface area contributed by atoms with Crippen LogP contribution in [0.25, 0.3) is 0 Å². The summed E-state index contributed by atoms with van der Waals surface area (Å²) in [5.41, 5.74) is 3.91. The molecule has 0 aliphatic carbocycles. The lowest BCUT2D eigenvalue weighted by molar-refractivity contribution is -0.142. The molecule has 1 atom stereocenters. The van der Waals surface area contributed by atoms with E-state index in [1.165, 1.54) is 0 Å². The maximum absolute atomic E-state index is 14.0. The maximum atomic E-state index is 14.0. The number of ether oxygens (including phenoxy) is 1. The zero-order chi connectivity index (χ0) is 34.3. The molecule has 3 fully saturated rings. The molecule has 2 aromatic carbocycles. The van der Waals surface area contributed by atoms with Crippen molar-refractivity contribution in [1.82, 2.24) is 24.5 Å². The number of anilines is 1. The first-order chi connectivity index (χ1) is 23.7. The van der Waals surface area contributed by atoms with Crippen molar-refractivity contribution in [2.24, 2.45) is 0 Å². The number of likely N-dealkylation sites (tertiary alicyclic amines) is 2. The van der Waals surface area contributed by atoms with Gasteiger partial charge in [-0.05, 0) is 87.9 Å². The van der Waals surface area contributed by atoms with Gasteiger partial charge in [0.2, 0.25) is 5.91 Å². The molecule has 49 heavy (non-hydrogen) atoms. The fourth-order valence-electron chi connectivity index (χ4n) is 7.87. The molecule has 6 rings (SSSR count). The second-order valence-electron chi connectivity index (χ2n) is 14.4. The Balaban J connectivity index is 1.06. The van der Waals surface area contributed by atoms with Crippen LogP contribution < -0.4 is 5.32 Å². The van der Waals surface area contributed by atoms with Crippen LogP contribution in [0.3, 0.4) is 0 Å². The second-order valence-corrected chi connectivity index (χ2v) is 14.8. The highest BCUT2D eigenvalue weighted by molar-refractivity contribution is 6.31. The summed E-state index contributed by atoms with van der Waals surface area (Å²) in [7, 11) is 2.17. The van der Waals surface area contributed by atoms with Gasteiger partial charge < -0.3 is 24.8 Å². The molecule has 0 spiro atoms. The van der Waals surface area contributed by atoms with Crippen molar-refractivity contribution in [2.75, 3.05) is 77.8 Å². The van der Waals surface area contributed by atoms with Crippen LogP contribution in [0.4, 0.5) is 10.5 Å². The second kappa shape index (κ2) is 16.7. The molecule has 0 radical (unpaired) electrons. The number of nitrogens with one attached hydrogen (secondary N) is 1. The lowest BCUT2D eigenvalue weighted by Crippen LogP contribution is -2.54. The molecule has 0 bridgehead atoms. The van der Waals surface area contributed by atoms with E-state index in [9.17, 15) is 14.4 Å². The van der Waals surface area contributed by atoms with Gasteiger partial charge in [0.1, 0.15) is 0 Å². The number of aryl methyl sites for hydroxylation is 1. The van der Waals surface area contributed by atoms with E-state index in [2.05, 4.69) is 33.1 Å². The number of halogens is 1. The molecule has 4 heterocycles. The number of fused-ring (bicyclic) bond motifs is 1. The van der Waals surface area contributed by atoms with Crippen LogP contribution in [0.2, 0.25) is 5.02 Å². The molecule has 0 saturated carbocycles. The summed E-state index contributed by atoms with van der Waals surface area (Å²) in [5, 5.41) is 3.71. The van der Waals surface area contributed by atoms with Crippen LogP contribution in [-0.2, 0) is 27.2 Å². The van der Waals surface area contributed by atoms with Crippen molar-refractivity contribution in [3.05, 3.63) is 64.2 Å². The van der Waals surface area contributed by atoms with E-state index in [0.29, 0.717) is 56.1 Å². The van der Waals surface area contributed by atoms with E-state index < -0.39 is 12.2 Å². The molecule has 10 nitrogen and oxygen atoms in total. The molecule has 1 N–H and O–H groups in total. The Hall–Kier alpha value is -3.18. The summed E-state index contributed by atoms with van der Waals surface area (Å²) in [4.78, 5) is 51.3. The largest absolute Gasteiger partial charge is 0.436 e. The van der Waals surface area contributed by atoms with E-state index in [-0.39, 0.29) is 11.8 Å². The Labute approximate surface area is 296 Å². The van der Waals surface area contributed by atoms with Crippen molar-refractivity contribution in [3.8, 4) is 0 Å². The van der Waals surface area contributed by atoms with Crippen LogP contribution in [0.5, 0.6) is 0 Å². The Kier molecular flexibility index (Phi) is 12.1. The number of hydrogen-bond acceptors (Lipinski definition) is 7. The van der Waals surface area contributed by atoms with Crippen LogP contribution >= 0.6 is 11.6 Å². The quantitative estimate of drug-likeness (QED) is 0.471. The normalized spacial score (nSPS) is 21.9. The molecule has 11 heteroatoms. The van der Waals surface area contributed by atoms with Crippen molar-refractivity contribution in [1.29, 1.82) is 0 Å². The predicted molar refractivity (Wildman–Crippen MR) is 193 cm³/mol. The first-order valence-corrected chi connectivity index (χ1v) is 18.6.